The number of hydrogen-bond acceptors (Lipinski definition) is 3. The molecule has 3 nitrogen and oxygen atoms in total. The summed E-state index contributed by atoms with van der Waals surface area (Å²) in [7, 11) is 0. The summed E-state index contributed by atoms with van der Waals surface area (Å²) in [6.07, 6.45) is 4.60. The first-order valence-corrected chi connectivity index (χ1v) is 7.11. The average Bonchev–Trinajstić information content (AvgIpc) is 2.41. The van der Waals surface area contributed by atoms with E-state index in [0.717, 1.165) is 40.2 Å². The molecule has 4 heteroatoms. The first-order valence-electron chi connectivity index (χ1n) is 6.32. The van der Waals surface area contributed by atoms with E-state index in [0.29, 0.717) is 0 Å². The number of rotatable bonds is 5. The summed E-state index contributed by atoms with van der Waals surface area (Å²) in [5.74, 6) is 1.58. The average molecular weight is 321 g/mol. The van der Waals surface area contributed by atoms with Crippen LogP contribution >= 0.6 is 15.9 Å². The number of ether oxygens (including phenoxy) is 1. The monoisotopic (exact) mass is 320 g/mol. The third-order valence-corrected chi connectivity index (χ3v) is 3.16. The number of benzene rings is 1. The zero-order valence-electron chi connectivity index (χ0n) is 11.1. The van der Waals surface area contributed by atoms with E-state index in [9.17, 15) is 0 Å². The number of nitrogens with zero attached hydrogens (tertiary/aromatic N) is 1. The van der Waals surface area contributed by atoms with Crippen LogP contribution < -0.4 is 10.1 Å². The molecule has 1 aromatic carbocycles. The highest BCUT2D eigenvalue weighted by molar-refractivity contribution is 9.10. The molecule has 0 fully saturated rings. The first kappa shape index (κ1) is 13.9. The van der Waals surface area contributed by atoms with Crippen LogP contribution in [0.1, 0.15) is 18.9 Å². The van der Waals surface area contributed by atoms with Crippen LogP contribution in [-0.2, 0) is 0 Å². The van der Waals surface area contributed by atoms with Crippen LogP contribution in [-0.4, -0.2) is 11.5 Å². The van der Waals surface area contributed by atoms with Gasteiger partial charge in [0, 0.05) is 17.1 Å². The van der Waals surface area contributed by atoms with Crippen LogP contribution in [0.15, 0.2) is 41.1 Å². The van der Waals surface area contributed by atoms with Crippen LogP contribution in [0.5, 0.6) is 11.5 Å². The molecular formula is C15H17BrN2O. The molecule has 0 aliphatic rings. The van der Waals surface area contributed by atoms with Crippen molar-refractivity contribution in [2.24, 2.45) is 0 Å². The summed E-state index contributed by atoms with van der Waals surface area (Å²) < 4.78 is 6.88. The van der Waals surface area contributed by atoms with Gasteiger partial charge in [0.2, 0.25) is 0 Å². The highest BCUT2D eigenvalue weighted by Gasteiger charge is 2.03. The van der Waals surface area contributed by atoms with Crippen molar-refractivity contribution >= 4 is 21.6 Å². The van der Waals surface area contributed by atoms with E-state index in [2.05, 4.69) is 33.2 Å². The fraction of sp³-hybridized carbons (Fsp3) is 0.267. The SMILES string of the molecule is CCCNc1cncc(Oc2cc(Br)ccc2C)c1. The molecule has 0 aliphatic heterocycles. The van der Waals surface area contributed by atoms with Gasteiger partial charge >= 0.3 is 0 Å². The smallest absolute Gasteiger partial charge is 0.147 e. The maximum atomic E-state index is 5.88. The summed E-state index contributed by atoms with van der Waals surface area (Å²) in [5, 5.41) is 3.29. The highest BCUT2D eigenvalue weighted by Crippen LogP contribution is 2.28. The minimum Gasteiger partial charge on any atom is -0.455 e. The second-order valence-corrected chi connectivity index (χ2v) is 5.26. The molecular weight excluding hydrogens is 304 g/mol. The molecule has 2 aromatic rings. The van der Waals surface area contributed by atoms with Crippen molar-refractivity contribution < 1.29 is 4.74 Å². The van der Waals surface area contributed by atoms with Crippen molar-refractivity contribution in [1.82, 2.24) is 4.98 Å². The van der Waals surface area contributed by atoms with Crippen molar-refractivity contribution in [1.29, 1.82) is 0 Å². The number of aromatic nitrogens is 1. The van der Waals surface area contributed by atoms with Gasteiger partial charge in [-0.2, -0.15) is 0 Å². The molecule has 0 radical (unpaired) electrons. The van der Waals surface area contributed by atoms with Crippen molar-refractivity contribution in [2.75, 3.05) is 11.9 Å². The van der Waals surface area contributed by atoms with E-state index in [4.69, 9.17) is 4.74 Å². The minimum atomic E-state index is 0.738. The van der Waals surface area contributed by atoms with Crippen molar-refractivity contribution in [3.8, 4) is 11.5 Å². The van der Waals surface area contributed by atoms with E-state index in [-0.39, 0.29) is 0 Å². The standard InChI is InChI=1S/C15H17BrN2O/c1-3-6-18-13-8-14(10-17-9-13)19-15-7-12(16)5-4-11(15)2/h4-5,7-10,18H,3,6H2,1-2H3. The molecule has 2 rings (SSSR count). The van der Waals surface area contributed by atoms with Gasteiger partial charge in [0.25, 0.3) is 0 Å². The predicted molar refractivity (Wildman–Crippen MR) is 82.0 cm³/mol. The lowest BCUT2D eigenvalue weighted by Gasteiger charge is -2.10. The van der Waals surface area contributed by atoms with Gasteiger partial charge < -0.3 is 10.1 Å². The van der Waals surface area contributed by atoms with Gasteiger partial charge in [-0.05, 0) is 31.0 Å². The summed E-state index contributed by atoms with van der Waals surface area (Å²) in [4.78, 5) is 4.19. The molecule has 0 amide bonds. The molecule has 0 aliphatic carbocycles. The van der Waals surface area contributed by atoms with Gasteiger partial charge in [-0.3, -0.25) is 4.98 Å². The zero-order chi connectivity index (χ0) is 13.7. The number of halogens is 1. The quantitative estimate of drug-likeness (QED) is 0.861. The normalized spacial score (nSPS) is 10.3. The number of aryl methyl sites for hydroxylation is 1. The molecule has 0 unspecified atom stereocenters. The van der Waals surface area contributed by atoms with Crippen LogP contribution in [0, 0.1) is 6.92 Å². The van der Waals surface area contributed by atoms with Crippen LogP contribution in [0.2, 0.25) is 0 Å². The van der Waals surface area contributed by atoms with E-state index in [1.807, 2.05) is 31.2 Å². The number of hydrogen-bond donors (Lipinski definition) is 1. The van der Waals surface area contributed by atoms with E-state index in [1.165, 1.54) is 0 Å². The first-order chi connectivity index (χ1) is 9.19. The molecule has 1 heterocycles. The molecule has 0 saturated heterocycles. The van der Waals surface area contributed by atoms with E-state index in [1.54, 1.807) is 12.4 Å². The lowest BCUT2D eigenvalue weighted by molar-refractivity contribution is 0.476. The van der Waals surface area contributed by atoms with Gasteiger partial charge in [0.1, 0.15) is 11.5 Å². The van der Waals surface area contributed by atoms with Crippen molar-refractivity contribution in [3.63, 3.8) is 0 Å². The Balaban J connectivity index is 2.16. The van der Waals surface area contributed by atoms with Gasteiger partial charge in [-0.1, -0.05) is 28.9 Å². The molecule has 0 bridgehead atoms. The van der Waals surface area contributed by atoms with E-state index >= 15 is 0 Å². The fourth-order valence-corrected chi connectivity index (χ4v) is 1.99. The molecule has 1 aromatic heterocycles. The number of nitrogens with one attached hydrogen (secondary N) is 1. The third-order valence-electron chi connectivity index (χ3n) is 2.67. The van der Waals surface area contributed by atoms with Crippen LogP contribution in [0.25, 0.3) is 0 Å². The van der Waals surface area contributed by atoms with Crippen LogP contribution in [0.3, 0.4) is 0 Å². The molecule has 0 saturated carbocycles. The minimum absolute atomic E-state index is 0.738. The Morgan fingerprint density at radius 1 is 1.26 bits per heavy atom. The predicted octanol–water partition coefficient (Wildman–Crippen LogP) is 4.77. The zero-order valence-corrected chi connectivity index (χ0v) is 12.7. The van der Waals surface area contributed by atoms with Gasteiger partial charge in [0.15, 0.2) is 0 Å². The summed E-state index contributed by atoms with van der Waals surface area (Å²) in [5.41, 5.74) is 2.07. The summed E-state index contributed by atoms with van der Waals surface area (Å²) in [6.45, 7) is 5.08. The van der Waals surface area contributed by atoms with Gasteiger partial charge in [0.05, 0.1) is 18.1 Å². The Kier molecular flexibility index (Phi) is 4.80. The number of anilines is 1. The largest absolute Gasteiger partial charge is 0.455 e. The Labute approximate surface area is 122 Å². The van der Waals surface area contributed by atoms with Crippen LogP contribution in [0.4, 0.5) is 5.69 Å². The van der Waals surface area contributed by atoms with Gasteiger partial charge in [-0.25, -0.2) is 0 Å². The molecule has 0 spiro atoms. The Bertz CT molecular complexity index is 558. The Morgan fingerprint density at radius 2 is 2.11 bits per heavy atom. The second kappa shape index (κ2) is 6.57. The maximum absolute atomic E-state index is 5.88. The summed E-state index contributed by atoms with van der Waals surface area (Å²) >= 11 is 3.45. The Morgan fingerprint density at radius 3 is 2.89 bits per heavy atom. The third kappa shape index (κ3) is 3.96. The fourth-order valence-electron chi connectivity index (χ4n) is 1.65. The summed E-state index contributed by atoms with van der Waals surface area (Å²) in [6, 6.07) is 7.94. The maximum Gasteiger partial charge on any atom is 0.147 e. The van der Waals surface area contributed by atoms with Crippen molar-refractivity contribution in [2.45, 2.75) is 20.3 Å². The number of pyridine rings is 1. The lowest BCUT2D eigenvalue weighted by atomic mass is 10.2. The molecule has 0 atom stereocenters. The molecule has 100 valence electrons. The topological polar surface area (TPSA) is 34.2 Å². The molecule has 19 heavy (non-hydrogen) atoms. The van der Waals surface area contributed by atoms with Gasteiger partial charge in [-0.15, -0.1) is 0 Å². The second-order valence-electron chi connectivity index (χ2n) is 4.35. The van der Waals surface area contributed by atoms with E-state index < -0.39 is 0 Å². The Hall–Kier alpha value is -1.55. The highest BCUT2D eigenvalue weighted by atomic mass is 79.9. The van der Waals surface area contributed by atoms with Crippen molar-refractivity contribution in [3.05, 3.63) is 46.7 Å². The molecule has 1 N–H and O–H groups in total. The lowest BCUT2D eigenvalue weighted by Crippen LogP contribution is -2.00.